The van der Waals surface area contributed by atoms with Gasteiger partial charge in [-0.2, -0.15) is 0 Å². The molecule has 2 atom stereocenters. The van der Waals surface area contributed by atoms with Crippen molar-refractivity contribution >= 4 is 11.9 Å². The molecular formula is C21H29NO4. The van der Waals surface area contributed by atoms with Crippen LogP contribution in [0.5, 0.6) is 5.75 Å². The van der Waals surface area contributed by atoms with E-state index in [1.165, 1.54) is 26.4 Å². The van der Waals surface area contributed by atoms with Crippen LogP contribution in [-0.2, 0) is 20.9 Å². The molecule has 142 valence electrons. The zero-order chi connectivity index (χ0) is 18.7. The summed E-state index contributed by atoms with van der Waals surface area (Å²) in [5, 5.41) is 0. The maximum absolute atomic E-state index is 12.8. The zero-order valence-electron chi connectivity index (χ0n) is 16.0. The van der Waals surface area contributed by atoms with Crippen LogP contribution >= 0.6 is 0 Å². The van der Waals surface area contributed by atoms with Crippen LogP contribution in [0.3, 0.4) is 0 Å². The number of hydrogen-bond donors (Lipinski definition) is 0. The summed E-state index contributed by atoms with van der Waals surface area (Å²) < 4.78 is 10.4. The fraction of sp³-hybridized carbons (Fsp3) is 0.619. The summed E-state index contributed by atoms with van der Waals surface area (Å²) in [5.74, 6) is 0.691. The van der Waals surface area contributed by atoms with E-state index in [0.717, 1.165) is 24.2 Å². The summed E-state index contributed by atoms with van der Waals surface area (Å²) in [6.07, 6.45) is 6.67. The Morgan fingerprint density at radius 3 is 2.38 bits per heavy atom. The summed E-state index contributed by atoms with van der Waals surface area (Å²) in [6.45, 7) is 2.29. The molecule has 1 aromatic carbocycles. The molecule has 0 radical (unpaired) electrons. The Kier molecular flexibility index (Phi) is 5.54. The topological polar surface area (TPSA) is 55.8 Å². The number of esters is 1. The summed E-state index contributed by atoms with van der Waals surface area (Å²) >= 11 is 0. The minimum atomic E-state index is -0.826. The van der Waals surface area contributed by atoms with Gasteiger partial charge in [-0.05, 0) is 30.0 Å². The third-order valence-corrected chi connectivity index (χ3v) is 6.20. The number of carbonyl (C=O) groups is 2. The average molecular weight is 359 g/mol. The molecule has 1 aliphatic carbocycles. The van der Waals surface area contributed by atoms with E-state index in [9.17, 15) is 9.59 Å². The number of hydrogen-bond acceptors (Lipinski definition) is 4. The number of methoxy groups -OCH3 is 2. The smallest absolute Gasteiger partial charge is 0.332 e. The van der Waals surface area contributed by atoms with Gasteiger partial charge >= 0.3 is 5.97 Å². The number of ether oxygens (including phenoxy) is 2. The fourth-order valence-corrected chi connectivity index (χ4v) is 4.60. The Hall–Kier alpha value is -2.04. The van der Waals surface area contributed by atoms with Crippen molar-refractivity contribution in [1.29, 1.82) is 0 Å². The number of likely N-dealkylation sites (tertiary alicyclic amines) is 1. The van der Waals surface area contributed by atoms with E-state index in [0.29, 0.717) is 18.9 Å². The molecule has 0 N–H and O–H groups in total. The fourth-order valence-electron chi connectivity index (χ4n) is 4.60. The molecule has 5 heteroatoms. The highest BCUT2D eigenvalue weighted by Gasteiger charge is 2.63. The van der Waals surface area contributed by atoms with E-state index in [1.807, 2.05) is 31.2 Å². The van der Waals surface area contributed by atoms with Crippen molar-refractivity contribution in [3.05, 3.63) is 29.8 Å². The predicted octanol–water partition coefficient (Wildman–Crippen LogP) is 3.56. The Morgan fingerprint density at radius 2 is 1.81 bits per heavy atom. The second-order valence-electron chi connectivity index (χ2n) is 7.62. The molecule has 2 fully saturated rings. The van der Waals surface area contributed by atoms with Crippen molar-refractivity contribution in [2.75, 3.05) is 14.2 Å². The lowest BCUT2D eigenvalue weighted by atomic mass is 9.66. The maximum atomic E-state index is 12.8. The van der Waals surface area contributed by atoms with Gasteiger partial charge in [0.2, 0.25) is 5.91 Å². The van der Waals surface area contributed by atoms with Crippen LogP contribution in [0, 0.1) is 11.8 Å². The van der Waals surface area contributed by atoms with Crippen LogP contribution in [-0.4, -0.2) is 36.5 Å². The second kappa shape index (κ2) is 7.68. The third kappa shape index (κ3) is 3.19. The average Bonchev–Trinajstić information content (AvgIpc) is 2.70. The van der Waals surface area contributed by atoms with Crippen molar-refractivity contribution in [3.8, 4) is 5.75 Å². The maximum Gasteiger partial charge on any atom is 0.332 e. The van der Waals surface area contributed by atoms with Gasteiger partial charge in [0, 0.05) is 6.54 Å². The van der Waals surface area contributed by atoms with Crippen LogP contribution in [0.25, 0.3) is 0 Å². The number of β-lactam (4-membered cyclic amide) rings is 1. The molecule has 1 amide bonds. The molecule has 3 rings (SSSR count). The van der Waals surface area contributed by atoms with Crippen molar-refractivity contribution < 1.29 is 19.1 Å². The molecular weight excluding hydrogens is 330 g/mol. The second-order valence-corrected chi connectivity index (χ2v) is 7.62. The minimum Gasteiger partial charge on any atom is -0.497 e. The molecule has 1 saturated heterocycles. The molecule has 1 saturated carbocycles. The van der Waals surface area contributed by atoms with Crippen molar-refractivity contribution in [2.24, 2.45) is 11.8 Å². The normalized spacial score (nSPS) is 26.3. The van der Waals surface area contributed by atoms with Crippen molar-refractivity contribution in [2.45, 2.75) is 57.5 Å². The van der Waals surface area contributed by atoms with E-state index >= 15 is 0 Å². The molecule has 5 nitrogen and oxygen atoms in total. The Morgan fingerprint density at radius 1 is 1.15 bits per heavy atom. The standard InChI is InChI=1S/C21H29NO4/c1-15-19(23)22(14-17-9-11-18(25-2)12-10-17)21(15,20(24)26-3)13-16-7-5-4-6-8-16/h9-12,15-16H,4-8,13-14H2,1-3H3/t15-,21+/m1/s1. The predicted molar refractivity (Wildman–Crippen MR) is 98.6 cm³/mol. The number of rotatable bonds is 6. The summed E-state index contributed by atoms with van der Waals surface area (Å²) in [5.41, 5.74) is 0.163. The van der Waals surface area contributed by atoms with Gasteiger partial charge in [-0.1, -0.05) is 51.2 Å². The quantitative estimate of drug-likeness (QED) is 0.576. The van der Waals surface area contributed by atoms with E-state index in [1.54, 1.807) is 12.0 Å². The van der Waals surface area contributed by atoms with Crippen LogP contribution in [0.15, 0.2) is 24.3 Å². The van der Waals surface area contributed by atoms with Crippen molar-refractivity contribution in [1.82, 2.24) is 4.90 Å². The highest BCUT2D eigenvalue weighted by Crippen LogP contribution is 2.46. The molecule has 0 aromatic heterocycles. The third-order valence-electron chi connectivity index (χ3n) is 6.20. The lowest BCUT2D eigenvalue weighted by Gasteiger charge is -2.55. The number of benzene rings is 1. The van der Waals surface area contributed by atoms with E-state index < -0.39 is 5.54 Å². The highest BCUT2D eigenvalue weighted by molar-refractivity contribution is 6.00. The highest BCUT2D eigenvalue weighted by atomic mass is 16.5. The lowest BCUT2D eigenvalue weighted by molar-refractivity contribution is -0.193. The molecule has 1 aliphatic heterocycles. The first kappa shape index (κ1) is 18.7. The SMILES string of the molecule is COC(=O)[C@]1(CC2CCCCC2)[C@H](C)C(=O)N1Cc1ccc(OC)cc1. The minimum absolute atomic E-state index is 0.0297. The molecule has 1 aromatic rings. The Labute approximate surface area is 155 Å². The number of amides is 1. The van der Waals surface area contributed by atoms with Crippen LogP contribution in [0.4, 0.5) is 0 Å². The number of carbonyl (C=O) groups excluding carboxylic acids is 2. The Bertz CT molecular complexity index is 650. The largest absolute Gasteiger partial charge is 0.497 e. The van der Waals surface area contributed by atoms with Gasteiger partial charge in [0.05, 0.1) is 20.1 Å². The van der Waals surface area contributed by atoms with E-state index in [4.69, 9.17) is 9.47 Å². The first-order valence-electron chi connectivity index (χ1n) is 9.55. The van der Waals surface area contributed by atoms with E-state index in [2.05, 4.69) is 0 Å². The molecule has 26 heavy (non-hydrogen) atoms. The summed E-state index contributed by atoms with van der Waals surface area (Å²) in [6, 6.07) is 7.64. The van der Waals surface area contributed by atoms with Gasteiger partial charge in [0.15, 0.2) is 5.54 Å². The van der Waals surface area contributed by atoms with Crippen molar-refractivity contribution in [3.63, 3.8) is 0 Å². The summed E-state index contributed by atoms with van der Waals surface area (Å²) in [7, 11) is 3.05. The number of nitrogens with zero attached hydrogens (tertiary/aromatic N) is 1. The molecule has 0 spiro atoms. The van der Waals surface area contributed by atoms with Crippen LogP contribution in [0.2, 0.25) is 0 Å². The lowest BCUT2D eigenvalue weighted by Crippen LogP contribution is -2.74. The van der Waals surface area contributed by atoms with Gasteiger partial charge in [0.1, 0.15) is 5.75 Å². The Balaban J connectivity index is 1.84. The van der Waals surface area contributed by atoms with Gasteiger partial charge in [-0.25, -0.2) is 4.79 Å². The van der Waals surface area contributed by atoms with Gasteiger partial charge in [-0.3, -0.25) is 4.79 Å². The molecule has 1 heterocycles. The monoisotopic (exact) mass is 359 g/mol. The summed E-state index contributed by atoms with van der Waals surface area (Å²) in [4.78, 5) is 27.2. The zero-order valence-corrected chi connectivity index (χ0v) is 16.0. The first-order chi connectivity index (χ1) is 12.5. The van der Waals surface area contributed by atoms with Crippen LogP contribution < -0.4 is 4.74 Å². The van der Waals surface area contributed by atoms with Crippen LogP contribution in [0.1, 0.15) is 51.0 Å². The van der Waals surface area contributed by atoms with Gasteiger partial charge < -0.3 is 14.4 Å². The van der Waals surface area contributed by atoms with Gasteiger partial charge in [-0.15, -0.1) is 0 Å². The molecule has 0 bridgehead atoms. The molecule has 2 aliphatic rings. The molecule has 0 unspecified atom stereocenters. The first-order valence-corrected chi connectivity index (χ1v) is 9.55. The van der Waals surface area contributed by atoms with E-state index in [-0.39, 0.29) is 17.8 Å². The van der Waals surface area contributed by atoms with Gasteiger partial charge in [0.25, 0.3) is 0 Å².